The Morgan fingerprint density at radius 3 is 2.26 bits per heavy atom. The third kappa shape index (κ3) is 4.17. The van der Waals surface area contributed by atoms with Gasteiger partial charge in [0.25, 0.3) is 5.91 Å². The lowest BCUT2D eigenvalue weighted by Crippen LogP contribution is -2.63. The van der Waals surface area contributed by atoms with Crippen molar-refractivity contribution in [2.75, 3.05) is 26.2 Å². The Labute approximate surface area is 199 Å². The molecule has 0 saturated heterocycles. The molecule has 3 aromatic carbocycles. The number of benzene rings is 3. The van der Waals surface area contributed by atoms with Gasteiger partial charge in [0.15, 0.2) is 0 Å². The summed E-state index contributed by atoms with van der Waals surface area (Å²) in [5, 5.41) is 3.02. The molecule has 1 heterocycles. The van der Waals surface area contributed by atoms with Crippen LogP contribution in [0.5, 0.6) is 17.2 Å². The van der Waals surface area contributed by atoms with E-state index in [2.05, 4.69) is 5.32 Å². The smallest absolute Gasteiger partial charge is 0.259 e. The highest BCUT2D eigenvalue weighted by Gasteiger charge is 2.47. The molecule has 0 aliphatic carbocycles. The number of hydrogen-bond acceptors (Lipinski definition) is 5. The standard InChI is InChI=1S/C27H28N2O5/c1-27(26(31)28-17-19-10-6-8-12-24(19)34-4)16-18-9-5-7-11-23(18)25(30)29(27)20-13-21(32-2)15-22(14-20)33-3/h5-15H,16-17H2,1-4H3,(H,28,31)/t27-/m1/s1. The van der Waals surface area contributed by atoms with Crippen molar-refractivity contribution in [3.63, 3.8) is 0 Å². The lowest BCUT2D eigenvalue weighted by atomic mass is 9.82. The van der Waals surface area contributed by atoms with E-state index < -0.39 is 5.54 Å². The first-order chi connectivity index (χ1) is 16.4. The van der Waals surface area contributed by atoms with Gasteiger partial charge in [0.05, 0.1) is 27.0 Å². The van der Waals surface area contributed by atoms with E-state index in [0.717, 1.165) is 11.1 Å². The molecule has 0 fully saturated rings. The van der Waals surface area contributed by atoms with Crippen LogP contribution in [0.2, 0.25) is 0 Å². The Morgan fingerprint density at radius 2 is 1.59 bits per heavy atom. The summed E-state index contributed by atoms with van der Waals surface area (Å²) in [6.45, 7) is 2.05. The largest absolute Gasteiger partial charge is 0.497 e. The van der Waals surface area contributed by atoms with E-state index in [1.165, 1.54) is 4.90 Å². The van der Waals surface area contributed by atoms with Gasteiger partial charge in [-0.2, -0.15) is 0 Å². The third-order valence-electron chi connectivity index (χ3n) is 6.19. The number of nitrogens with zero attached hydrogens (tertiary/aromatic N) is 1. The predicted molar refractivity (Wildman–Crippen MR) is 130 cm³/mol. The number of methoxy groups -OCH3 is 3. The zero-order chi connectivity index (χ0) is 24.3. The quantitative estimate of drug-likeness (QED) is 0.577. The Kier molecular flexibility index (Phi) is 6.45. The summed E-state index contributed by atoms with van der Waals surface area (Å²) in [5.74, 6) is 1.21. The van der Waals surface area contributed by atoms with E-state index in [-0.39, 0.29) is 18.4 Å². The monoisotopic (exact) mass is 460 g/mol. The molecule has 1 N–H and O–H groups in total. The van der Waals surface area contributed by atoms with Crippen molar-refractivity contribution in [2.24, 2.45) is 0 Å². The normalized spacial score (nSPS) is 17.1. The minimum Gasteiger partial charge on any atom is -0.497 e. The Morgan fingerprint density at radius 1 is 0.941 bits per heavy atom. The number of hydrogen-bond donors (Lipinski definition) is 1. The first kappa shape index (κ1) is 23.2. The van der Waals surface area contributed by atoms with E-state index in [1.54, 1.807) is 52.5 Å². The summed E-state index contributed by atoms with van der Waals surface area (Å²) in [4.78, 5) is 29.0. The number of para-hydroxylation sites is 1. The number of nitrogens with one attached hydrogen (secondary N) is 1. The number of fused-ring (bicyclic) bond motifs is 1. The maximum atomic E-state index is 13.8. The predicted octanol–water partition coefficient (Wildman–Crippen LogP) is 3.99. The number of amides is 2. The van der Waals surface area contributed by atoms with E-state index >= 15 is 0 Å². The fourth-order valence-corrected chi connectivity index (χ4v) is 4.40. The molecule has 2 amide bonds. The van der Waals surface area contributed by atoms with Crippen LogP contribution < -0.4 is 24.4 Å². The summed E-state index contributed by atoms with van der Waals surface area (Å²) in [7, 11) is 4.69. The van der Waals surface area contributed by atoms with E-state index in [9.17, 15) is 9.59 Å². The van der Waals surface area contributed by atoms with E-state index in [1.807, 2.05) is 42.5 Å². The Bertz CT molecular complexity index is 1200. The molecule has 1 atom stereocenters. The molecule has 0 unspecified atom stereocenters. The average molecular weight is 461 g/mol. The summed E-state index contributed by atoms with van der Waals surface area (Å²) >= 11 is 0. The maximum Gasteiger partial charge on any atom is 0.259 e. The van der Waals surface area contributed by atoms with Crippen LogP contribution in [0.3, 0.4) is 0 Å². The van der Waals surface area contributed by atoms with Gasteiger partial charge in [-0.25, -0.2) is 0 Å². The van der Waals surface area contributed by atoms with Crippen molar-refractivity contribution in [1.82, 2.24) is 5.32 Å². The molecule has 1 aliphatic heterocycles. The highest BCUT2D eigenvalue weighted by Crippen LogP contribution is 2.38. The highest BCUT2D eigenvalue weighted by atomic mass is 16.5. The number of anilines is 1. The van der Waals surface area contributed by atoms with Gasteiger partial charge in [0, 0.05) is 42.3 Å². The Balaban J connectivity index is 1.76. The summed E-state index contributed by atoms with van der Waals surface area (Å²) in [6, 6.07) is 20.1. The van der Waals surface area contributed by atoms with Gasteiger partial charge in [-0.1, -0.05) is 36.4 Å². The van der Waals surface area contributed by atoms with Crippen LogP contribution in [0.1, 0.15) is 28.4 Å². The maximum absolute atomic E-state index is 13.8. The second kappa shape index (κ2) is 9.47. The molecule has 0 bridgehead atoms. The Hall–Kier alpha value is -4.00. The third-order valence-corrected chi connectivity index (χ3v) is 6.19. The first-order valence-electron chi connectivity index (χ1n) is 11.0. The van der Waals surface area contributed by atoms with Crippen LogP contribution in [0.4, 0.5) is 5.69 Å². The van der Waals surface area contributed by atoms with Gasteiger partial charge in [-0.15, -0.1) is 0 Å². The average Bonchev–Trinajstić information content (AvgIpc) is 2.87. The molecule has 7 heteroatoms. The van der Waals surface area contributed by atoms with Crippen LogP contribution in [0.25, 0.3) is 0 Å². The molecule has 7 nitrogen and oxygen atoms in total. The molecule has 0 spiro atoms. The lowest BCUT2D eigenvalue weighted by molar-refractivity contribution is -0.126. The first-order valence-corrected chi connectivity index (χ1v) is 11.0. The molecule has 0 saturated carbocycles. The van der Waals surface area contributed by atoms with Crippen molar-refractivity contribution in [1.29, 1.82) is 0 Å². The van der Waals surface area contributed by atoms with Crippen molar-refractivity contribution >= 4 is 17.5 Å². The summed E-state index contributed by atoms with van der Waals surface area (Å²) in [6.07, 6.45) is 0.353. The molecule has 176 valence electrons. The fraction of sp³-hybridized carbons (Fsp3) is 0.259. The van der Waals surface area contributed by atoms with Gasteiger partial charge in [0.1, 0.15) is 22.8 Å². The van der Waals surface area contributed by atoms with Crippen LogP contribution in [0.15, 0.2) is 66.7 Å². The molecule has 0 radical (unpaired) electrons. The van der Waals surface area contributed by atoms with Crippen molar-refractivity contribution in [2.45, 2.75) is 25.4 Å². The molecular weight excluding hydrogens is 432 g/mol. The zero-order valence-corrected chi connectivity index (χ0v) is 19.8. The molecule has 1 aliphatic rings. The lowest BCUT2D eigenvalue weighted by Gasteiger charge is -2.44. The second-order valence-electron chi connectivity index (χ2n) is 8.31. The second-order valence-corrected chi connectivity index (χ2v) is 8.31. The van der Waals surface area contributed by atoms with Crippen molar-refractivity contribution in [3.05, 3.63) is 83.4 Å². The van der Waals surface area contributed by atoms with Crippen LogP contribution in [-0.2, 0) is 17.8 Å². The van der Waals surface area contributed by atoms with Crippen LogP contribution >= 0.6 is 0 Å². The van der Waals surface area contributed by atoms with Gasteiger partial charge in [0.2, 0.25) is 5.91 Å². The topological polar surface area (TPSA) is 77.1 Å². The van der Waals surface area contributed by atoms with Crippen molar-refractivity contribution < 1.29 is 23.8 Å². The van der Waals surface area contributed by atoms with E-state index in [0.29, 0.717) is 34.9 Å². The van der Waals surface area contributed by atoms with E-state index in [4.69, 9.17) is 14.2 Å². The minimum atomic E-state index is -1.19. The van der Waals surface area contributed by atoms with Gasteiger partial charge in [-0.05, 0) is 24.6 Å². The summed E-state index contributed by atoms with van der Waals surface area (Å²) in [5.41, 5.74) is 1.57. The van der Waals surface area contributed by atoms with Gasteiger partial charge < -0.3 is 19.5 Å². The molecule has 3 aromatic rings. The molecule has 34 heavy (non-hydrogen) atoms. The fourth-order valence-electron chi connectivity index (χ4n) is 4.40. The molecule has 4 rings (SSSR count). The van der Waals surface area contributed by atoms with Gasteiger partial charge in [-0.3, -0.25) is 14.5 Å². The van der Waals surface area contributed by atoms with Crippen LogP contribution in [0, 0.1) is 0 Å². The van der Waals surface area contributed by atoms with Crippen LogP contribution in [-0.4, -0.2) is 38.7 Å². The number of carbonyl (C=O) groups excluding carboxylic acids is 2. The summed E-state index contributed by atoms with van der Waals surface area (Å²) < 4.78 is 16.2. The zero-order valence-electron chi connectivity index (χ0n) is 19.8. The SMILES string of the molecule is COc1cc(OC)cc(N2C(=O)c3ccccc3C[C@]2(C)C(=O)NCc2ccccc2OC)c1. The minimum absolute atomic E-state index is 0.257. The molecule has 0 aromatic heterocycles. The van der Waals surface area contributed by atoms with Crippen molar-refractivity contribution in [3.8, 4) is 17.2 Å². The number of ether oxygens (including phenoxy) is 3. The van der Waals surface area contributed by atoms with Gasteiger partial charge >= 0.3 is 0 Å². The highest BCUT2D eigenvalue weighted by molar-refractivity contribution is 6.14. The number of rotatable bonds is 7. The number of carbonyl (C=O) groups is 2. The molecular formula is C27H28N2O5.